The molecule has 2 aliphatic rings. The molecule has 0 bridgehead atoms. The summed E-state index contributed by atoms with van der Waals surface area (Å²) >= 11 is 0. The number of aromatic nitrogens is 1. The Labute approximate surface area is 155 Å². The van der Waals surface area contributed by atoms with E-state index in [4.69, 9.17) is 9.47 Å². The van der Waals surface area contributed by atoms with Crippen molar-refractivity contribution >= 4 is 11.9 Å². The first-order valence-corrected chi connectivity index (χ1v) is 9.28. The van der Waals surface area contributed by atoms with Gasteiger partial charge in [0.15, 0.2) is 0 Å². The van der Waals surface area contributed by atoms with Gasteiger partial charge in [-0.3, -0.25) is 9.80 Å². The van der Waals surface area contributed by atoms with E-state index in [1.54, 1.807) is 12.0 Å². The summed E-state index contributed by atoms with van der Waals surface area (Å²) in [6.07, 6.45) is 1.65. The van der Waals surface area contributed by atoms with Gasteiger partial charge in [-0.15, -0.1) is 0 Å². The minimum atomic E-state index is -0.474. The fourth-order valence-corrected chi connectivity index (χ4v) is 3.32. The van der Waals surface area contributed by atoms with E-state index >= 15 is 0 Å². The van der Waals surface area contributed by atoms with Crippen molar-refractivity contribution < 1.29 is 14.3 Å². The summed E-state index contributed by atoms with van der Waals surface area (Å²) in [4.78, 5) is 23.4. The molecule has 0 spiro atoms. The van der Waals surface area contributed by atoms with Gasteiger partial charge in [-0.2, -0.15) is 0 Å². The van der Waals surface area contributed by atoms with E-state index in [0.29, 0.717) is 13.1 Å². The second-order valence-electron chi connectivity index (χ2n) is 7.97. The van der Waals surface area contributed by atoms with Gasteiger partial charge >= 0.3 is 6.09 Å². The molecule has 1 amide bonds. The van der Waals surface area contributed by atoms with Crippen molar-refractivity contribution in [1.82, 2.24) is 14.8 Å². The highest BCUT2D eigenvalue weighted by Crippen LogP contribution is 2.27. The zero-order valence-electron chi connectivity index (χ0n) is 16.3. The molecule has 7 nitrogen and oxygen atoms in total. The van der Waals surface area contributed by atoms with E-state index in [9.17, 15) is 4.79 Å². The fraction of sp³-hybridized carbons (Fsp3) is 0.684. The second-order valence-corrected chi connectivity index (χ2v) is 7.97. The quantitative estimate of drug-likeness (QED) is 0.818. The van der Waals surface area contributed by atoms with Gasteiger partial charge < -0.3 is 14.4 Å². The van der Waals surface area contributed by atoms with Crippen molar-refractivity contribution in [2.24, 2.45) is 0 Å². The zero-order chi connectivity index (χ0) is 18.7. The van der Waals surface area contributed by atoms with E-state index < -0.39 is 5.60 Å². The molecule has 0 aromatic carbocycles. The Hall–Kier alpha value is -1.86. The average molecular weight is 362 g/mol. The number of amides is 1. The molecule has 1 fully saturated rings. The lowest BCUT2D eigenvalue weighted by Gasteiger charge is -2.35. The van der Waals surface area contributed by atoms with Crippen LogP contribution in [0.4, 0.5) is 10.6 Å². The van der Waals surface area contributed by atoms with E-state index in [1.165, 1.54) is 5.56 Å². The SMILES string of the molecule is COCCN1CCN(c2cc3c(cn2)CN(C(=O)OC(C)(C)C)C3)CC1. The van der Waals surface area contributed by atoms with Crippen LogP contribution >= 0.6 is 0 Å². The molecule has 26 heavy (non-hydrogen) atoms. The highest BCUT2D eigenvalue weighted by atomic mass is 16.6. The van der Waals surface area contributed by atoms with Crippen molar-refractivity contribution in [3.8, 4) is 0 Å². The summed E-state index contributed by atoms with van der Waals surface area (Å²) < 4.78 is 10.6. The fourth-order valence-electron chi connectivity index (χ4n) is 3.32. The van der Waals surface area contributed by atoms with Crippen LogP contribution in [0.15, 0.2) is 12.3 Å². The molecule has 1 aromatic rings. The van der Waals surface area contributed by atoms with Gasteiger partial charge in [-0.05, 0) is 38.0 Å². The highest BCUT2D eigenvalue weighted by Gasteiger charge is 2.29. The number of ether oxygens (including phenoxy) is 2. The van der Waals surface area contributed by atoms with Crippen LogP contribution in [0.1, 0.15) is 31.9 Å². The lowest BCUT2D eigenvalue weighted by atomic mass is 10.2. The molecule has 2 aliphatic heterocycles. The molecular weight excluding hydrogens is 332 g/mol. The van der Waals surface area contributed by atoms with Crippen LogP contribution in [0.25, 0.3) is 0 Å². The van der Waals surface area contributed by atoms with Gasteiger partial charge in [0.2, 0.25) is 0 Å². The van der Waals surface area contributed by atoms with Gasteiger partial charge in [-0.25, -0.2) is 9.78 Å². The minimum Gasteiger partial charge on any atom is -0.444 e. The Balaban J connectivity index is 1.58. The average Bonchev–Trinajstić information content (AvgIpc) is 3.02. The van der Waals surface area contributed by atoms with Crippen LogP contribution in [-0.4, -0.2) is 72.9 Å². The summed E-state index contributed by atoms with van der Waals surface area (Å²) in [6.45, 7) is 12.6. The predicted octanol–water partition coefficient (Wildman–Crippen LogP) is 2.10. The number of pyridine rings is 1. The largest absolute Gasteiger partial charge is 0.444 e. The molecule has 1 saturated heterocycles. The van der Waals surface area contributed by atoms with Crippen molar-refractivity contribution in [2.45, 2.75) is 39.5 Å². The third kappa shape index (κ3) is 4.65. The molecule has 7 heteroatoms. The smallest absolute Gasteiger partial charge is 0.410 e. The Morgan fingerprint density at radius 3 is 2.50 bits per heavy atom. The van der Waals surface area contributed by atoms with Crippen molar-refractivity contribution in [2.75, 3.05) is 51.3 Å². The molecule has 0 radical (unpaired) electrons. The molecule has 3 heterocycles. The van der Waals surface area contributed by atoms with Crippen LogP contribution in [0.5, 0.6) is 0 Å². The summed E-state index contributed by atoms with van der Waals surface area (Å²) in [5.74, 6) is 1.00. The van der Waals surface area contributed by atoms with Crippen molar-refractivity contribution in [1.29, 1.82) is 0 Å². The maximum absolute atomic E-state index is 12.3. The lowest BCUT2D eigenvalue weighted by Crippen LogP contribution is -2.47. The minimum absolute atomic E-state index is 0.262. The Bertz CT molecular complexity index is 636. The molecule has 0 aliphatic carbocycles. The molecular formula is C19H30N4O3. The van der Waals surface area contributed by atoms with E-state index in [-0.39, 0.29) is 6.09 Å². The molecule has 144 valence electrons. The number of nitrogens with zero attached hydrogens (tertiary/aromatic N) is 4. The van der Waals surface area contributed by atoms with Crippen LogP contribution in [0.2, 0.25) is 0 Å². The topological polar surface area (TPSA) is 58.1 Å². The van der Waals surface area contributed by atoms with Crippen LogP contribution in [0.3, 0.4) is 0 Å². The van der Waals surface area contributed by atoms with Gasteiger partial charge in [-0.1, -0.05) is 0 Å². The van der Waals surface area contributed by atoms with E-state index in [2.05, 4.69) is 20.9 Å². The number of hydrogen-bond donors (Lipinski definition) is 0. The predicted molar refractivity (Wildman–Crippen MR) is 100 cm³/mol. The lowest BCUT2D eigenvalue weighted by molar-refractivity contribution is 0.0242. The van der Waals surface area contributed by atoms with E-state index in [0.717, 1.165) is 50.7 Å². The molecule has 0 unspecified atom stereocenters. The number of fused-ring (bicyclic) bond motifs is 1. The number of hydrogen-bond acceptors (Lipinski definition) is 6. The first-order valence-electron chi connectivity index (χ1n) is 9.28. The summed E-state index contributed by atoms with van der Waals surface area (Å²) in [6, 6.07) is 2.13. The molecule has 0 saturated carbocycles. The van der Waals surface area contributed by atoms with E-state index in [1.807, 2.05) is 27.0 Å². The standard InChI is InChI=1S/C19H30N4O3/c1-19(2,3)26-18(24)23-13-15-11-17(20-12-16(15)14-23)22-7-5-21(6-8-22)9-10-25-4/h11-12H,5-10,13-14H2,1-4H3. The second kappa shape index (κ2) is 7.80. The van der Waals surface area contributed by atoms with Crippen molar-refractivity contribution in [3.63, 3.8) is 0 Å². The summed E-state index contributed by atoms with van der Waals surface area (Å²) in [5.41, 5.74) is 1.80. The van der Waals surface area contributed by atoms with Crippen LogP contribution < -0.4 is 4.90 Å². The van der Waals surface area contributed by atoms with Gasteiger partial charge in [0.1, 0.15) is 11.4 Å². The number of carbonyl (C=O) groups excluding carboxylic acids is 1. The summed E-state index contributed by atoms with van der Waals surface area (Å²) in [5, 5.41) is 0. The molecule has 1 aromatic heterocycles. The normalized spacial score (nSPS) is 18.2. The Morgan fingerprint density at radius 1 is 1.15 bits per heavy atom. The number of anilines is 1. The monoisotopic (exact) mass is 362 g/mol. The molecule has 0 N–H and O–H groups in total. The van der Waals surface area contributed by atoms with Gasteiger partial charge in [0.05, 0.1) is 13.2 Å². The van der Waals surface area contributed by atoms with Gasteiger partial charge in [0.25, 0.3) is 0 Å². The Kier molecular flexibility index (Phi) is 5.67. The number of methoxy groups -OCH3 is 1. The number of carbonyl (C=O) groups is 1. The maximum Gasteiger partial charge on any atom is 0.410 e. The first kappa shape index (κ1) is 18.9. The highest BCUT2D eigenvalue weighted by molar-refractivity contribution is 5.69. The zero-order valence-corrected chi connectivity index (χ0v) is 16.3. The molecule has 3 rings (SSSR count). The van der Waals surface area contributed by atoms with Gasteiger partial charge in [0, 0.05) is 52.6 Å². The number of rotatable bonds is 4. The third-order valence-electron chi connectivity index (χ3n) is 4.75. The maximum atomic E-state index is 12.3. The van der Waals surface area contributed by atoms with Crippen molar-refractivity contribution in [3.05, 3.63) is 23.4 Å². The first-order chi connectivity index (χ1) is 12.4. The van der Waals surface area contributed by atoms with Crippen LogP contribution in [0, 0.1) is 0 Å². The Morgan fingerprint density at radius 2 is 1.85 bits per heavy atom. The summed E-state index contributed by atoms with van der Waals surface area (Å²) in [7, 11) is 1.74. The van der Waals surface area contributed by atoms with Crippen LogP contribution in [-0.2, 0) is 22.6 Å². The third-order valence-corrected chi connectivity index (χ3v) is 4.75. The molecule has 0 atom stereocenters. The number of piperazine rings is 1.